The Hall–Kier alpha value is -3.14. The van der Waals surface area contributed by atoms with Crippen LogP contribution in [0.15, 0.2) is 47.6 Å². The van der Waals surface area contributed by atoms with Gasteiger partial charge in [-0.3, -0.25) is 14.4 Å². The highest BCUT2D eigenvalue weighted by atomic mass is 35.5. The number of anilines is 1. The molecule has 0 fully saturated rings. The van der Waals surface area contributed by atoms with E-state index in [0.717, 1.165) is 0 Å². The summed E-state index contributed by atoms with van der Waals surface area (Å²) in [6, 6.07) is 11.4. The lowest BCUT2D eigenvalue weighted by atomic mass is 10.2. The van der Waals surface area contributed by atoms with Crippen molar-refractivity contribution in [3.8, 4) is 5.75 Å². The van der Waals surface area contributed by atoms with Crippen LogP contribution < -0.4 is 20.8 Å². The first-order chi connectivity index (χ1) is 14.9. The quantitative estimate of drug-likeness (QED) is 0.226. The lowest BCUT2D eigenvalue weighted by Gasteiger charge is -2.08. The fourth-order valence-corrected chi connectivity index (χ4v) is 2.47. The molecule has 0 aromatic heterocycles. The predicted octanol–water partition coefficient (Wildman–Crippen LogP) is 2.22. The van der Waals surface area contributed by atoms with Crippen LogP contribution in [-0.4, -0.2) is 50.8 Å². The van der Waals surface area contributed by atoms with Crippen molar-refractivity contribution < 1.29 is 23.9 Å². The molecule has 0 aliphatic carbocycles. The summed E-state index contributed by atoms with van der Waals surface area (Å²) in [6.07, 6.45) is 1.34. The van der Waals surface area contributed by atoms with Crippen molar-refractivity contribution in [2.75, 3.05) is 32.2 Å². The van der Waals surface area contributed by atoms with Gasteiger partial charge in [0, 0.05) is 19.3 Å². The highest BCUT2D eigenvalue weighted by Crippen LogP contribution is 2.25. The van der Waals surface area contributed by atoms with Gasteiger partial charge in [-0.05, 0) is 35.9 Å². The smallest absolute Gasteiger partial charge is 0.329 e. The number of methoxy groups -OCH3 is 1. The van der Waals surface area contributed by atoms with E-state index in [4.69, 9.17) is 32.7 Å². The third kappa shape index (κ3) is 8.63. The summed E-state index contributed by atoms with van der Waals surface area (Å²) in [5, 5.41) is 9.45. The Bertz CT molecular complexity index is 968. The molecule has 0 aliphatic rings. The molecule has 0 spiro atoms. The fraction of sp³-hybridized carbons (Fsp3) is 0.200. The summed E-state index contributed by atoms with van der Waals surface area (Å²) in [4.78, 5) is 35.1. The Labute approximate surface area is 188 Å². The van der Waals surface area contributed by atoms with Crippen molar-refractivity contribution in [2.24, 2.45) is 5.10 Å². The van der Waals surface area contributed by atoms with E-state index in [0.29, 0.717) is 33.7 Å². The summed E-state index contributed by atoms with van der Waals surface area (Å²) in [5.41, 5.74) is 3.19. The van der Waals surface area contributed by atoms with Gasteiger partial charge in [0.1, 0.15) is 5.75 Å². The molecule has 0 heterocycles. The van der Waals surface area contributed by atoms with Gasteiger partial charge in [0.05, 0.1) is 22.9 Å². The molecule has 3 amide bonds. The van der Waals surface area contributed by atoms with Crippen LogP contribution in [0.4, 0.5) is 5.69 Å². The third-order valence-electron chi connectivity index (χ3n) is 3.61. The summed E-state index contributed by atoms with van der Waals surface area (Å²) in [6.45, 7) is 0.268. The van der Waals surface area contributed by atoms with Gasteiger partial charge in [-0.2, -0.15) is 5.10 Å². The van der Waals surface area contributed by atoms with Gasteiger partial charge >= 0.3 is 11.8 Å². The second-order valence-corrected chi connectivity index (χ2v) is 6.80. The summed E-state index contributed by atoms with van der Waals surface area (Å²) in [7, 11) is 1.48. The number of carbonyl (C=O) groups is 3. The Morgan fingerprint density at radius 1 is 1.06 bits per heavy atom. The molecule has 2 aromatic carbocycles. The minimum absolute atomic E-state index is 0.213. The molecule has 0 unspecified atom stereocenters. The maximum atomic E-state index is 12.0. The zero-order valence-corrected chi connectivity index (χ0v) is 18.0. The number of amides is 3. The molecule has 0 saturated heterocycles. The zero-order valence-electron chi connectivity index (χ0n) is 16.5. The van der Waals surface area contributed by atoms with Crippen LogP contribution >= 0.6 is 23.2 Å². The van der Waals surface area contributed by atoms with Crippen molar-refractivity contribution in [2.45, 2.75) is 0 Å². The van der Waals surface area contributed by atoms with Crippen LogP contribution in [0.3, 0.4) is 0 Å². The molecule has 0 aliphatic heterocycles. The van der Waals surface area contributed by atoms with E-state index in [2.05, 4.69) is 21.2 Å². The van der Waals surface area contributed by atoms with Gasteiger partial charge in [0.25, 0.3) is 5.91 Å². The Morgan fingerprint density at radius 3 is 2.61 bits per heavy atom. The van der Waals surface area contributed by atoms with Crippen molar-refractivity contribution >= 4 is 52.8 Å². The number of nitrogens with zero attached hydrogens (tertiary/aromatic N) is 1. The lowest BCUT2D eigenvalue weighted by molar-refractivity contribution is -0.139. The molecule has 3 N–H and O–H groups in total. The zero-order chi connectivity index (χ0) is 22.6. The summed E-state index contributed by atoms with van der Waals surface area (Å²) in [5.74, 6) is -1.70. The number of nitrogens with one attached hydrogen (secondary N) is 3. The molecule has 0 saturated carbocycles. The first-order valence-electron chi connectivity index (χ1n) is 8.97. The van der Waals surface area contributed by atoms with Crippen molar-refractivity contribution in [1.82, 2.24) is 10.7 Å². The van der Waals surface area contributed by atoms with Gasteiger partial charge < -0.3 is 20.1 Å². The molecule has 164 valence electrons. The topological polar surface area (TPSA) is 118 Å². The molecule has 0 atom stereocenters. The average molecular weight is 467 g/mol. The number of hydrazone groups is 1. The standard InChI is InChI=1S/C20H20Cl2N4O5/c1-30-8-7-23-19(28)20(29)26-24-11-13-3-2-4-15(9-13)31-12-18(27)25-14-5-6-16(21)17(22)10-14/h2-6,9-11H,7-8,12H2,1H3,(H,23,28)(H,25,27)(H,26,29)/b24-11-. The molecule has 9 nitrogen and oxygen atoms in total. The number of hydrogen-bond acceptors (Lipinski definition) is 6. The second kappa shape index (κ2) is 12.5. The van der Waals surface area contributed by atoms with Gasteiger partial charge in [0.15, 0.2) is 6.61 Å². The van der Waals surface area contributed by atoms with E-state index in [-0.39, 0.29) is 19.1 Å². The van der Waals surface area contributed by atoms with E-state index in [1.54, 1.807) is 36.4 Å². The van der Waals surface area contributed by atoms with Crippen molar-refractivity contribution in [3.05, 3.63) is 58.1 Å². The Balaban J connectivity index is 1.82. The summed E-state index contributed by atoms with van der Waals surface area (Å²) < 4.78 is 10.2. The first kappa shape index (κ1) is 24.1. The van der Waals surface area contributed by atoms with Crippen molar-refractivity contribution in [3.63, 3.8) is 0 Å². The summed E-state index contributed by atoms with van der Waals surface area (Å²) >= 11 is 11.8. The van der Waals surface area contributed by atoms with Gasteiger partial charge in [-0.15, -0.1) is 0 Å². The fourth-order valence-electron chi connectivity index (χ4n) is 2.17. The third-order valence-corrected chi connectivity index (χ3v) is 4.35. The number of hydrogen-bond donors (Lipinski definition) is 3. The largest absolute Gasteiger partial charge is 0.484 e. The molecular formula is C20H20Cl2N4O5. The van der Waals surface area contributed by atoms with E-state index in [1.807, 2.05) is 0 Å². The van der Waals surface area contributed by atoms with Crippen LogP contribution in [0.5, 0.6) is 5.75 Å². The normalized spacial score (nSPS) is 10.5. The minimum atomic E-state index is -0.904. The van der Waals surface area contributed by atoms with E-state index >= 15 is 0 Å². The molecule has 31 heavy (non-hydrogen) atoms. The van der Waals surface area contributed by atoms with Crippen LogP contribution in [0.1, 0.15) is 5.56 Å². The minimum Gasteiger partial charge on any atom is -0.484 e. The number of halogens is 2. The van der Waals surface area contributed by atoms with E-state index in [1.165, 1.54) is 19.4 Å². The average Bonchev–Trinajstić information content (AvgIpc) is 2.75. The van der Waals surface area contributed by atoms with Crippen LogP contribution in [0.2, 0.25) is 10.0 Å². The van der Waals surface area contributed by atoms with Crippen molar-refractivity contribution in [1.29, 1.82) is 0 Å². The van der Waals surface area contributed by atoms with E-state index < -0.39 is 11.8 Å². The van der Waals surface area contributed by atoms with Gasteiger partial charge in [0.2, 0.25) is 0 Å². The highest BCUT2D eigenvalue weighted by molar-refractivity contribution is 6.42. The first-order valence-corrected chi connectivity index (χ1v) is 9.72. The highest BCUT2D eigenvalue weighted by Gasteiger charge is 2.11. The molecule has 0 bridgehead atoms. The maximum Gasteiger partial charge on any atom is 0.329 e. The second-order valence-electron chi connectivity index (χ2n) is 5.99. The Kier molecular flexibility index (Phi) is 9.76. The molecule has 2 rings (SSSR count). The number of benzene rings is 2. The lowest BCUT2D eigenvalue weighted by Crippen LogP contribution is -2.39. The van der Waals surface area contributed by atoms with Crippen LogP contribution in [0.25, 0.3) is 0 Å². The molecular weight excluding hydrogens is 447 g/mol. The van der Waals surface area contributed by atoms with E-state index in [9.17, 15) is 14.4 Å². The van der Waals surface area contributed by atoms with Crippen LogP contribution in [-0.2, 0) is 19.1 Å². The Morgan fingerprint density at radius 2 is 1.87 bits per heavy atom. The van der Waals surface area contributed by atoms with Crippen LogP contribution in [0, 0.1) is 0 Å². The van der Waals surface area contributed by atoms with Gasteiger partial charge in [-0.1, -0.05) is 35.3 Å². The number of ether oxygens (including phenoxy) is 2. The number of rotatable bonds is 9. The molecule has 2 aromatic rings. The maximum absolute atomic E-state index is 12.0. The van der Waals surface area contributed by atoms with Gasteiger partial charge in [-0.25, -0.2) is 5.43 Å². The molecule has 0 radical (unpaired) electrons. The molecule has 11 heteroatoms. The monoisotopic (exact) mass is 466 g/mol. The number of carbonyl (C=O) groups excluding carboxylic acids is 3. The predicted molar refractivity (Wildman–Crippen MR) is 118 cm³/mol. The SMILES string of the molecule is COCCNC(=O)C(=O)N/N=C\c1cccc(OCC(=O)Nc2ccc(Cl)c(Cl)c2)c1.